The number of hydrazine groups is 3. The molecule has 0 spiro atoms. The van der Waals surface area contributed by atoms with Gasteiger partial charge >= 0.3 is 0 Å². The molecule has 1 unspecified atom stereocenters. The Balaban J connectivity index is 1.91. The minimum Gasteiger partial charge on any atom is -0.282 e. The Bertz CT molecular complexity index is 784. The number of benzene rings is 2. The highest BCUT2D eigenvalue weighted by atomic mass is 32.2. The molecule has 2 aromatic rings. The quantitative estimate of drug-likeness (QED) is 0.695. The van der Waals surface area contributed by atoms with Crippen molar-refractivity contribution in [3.05, 3.63) is 54.6 Å². The van der Waals surface area contributed by atoms with E-state index < -0.39 is 10.1 Å². The third-order valence-corrected chi connectivity index (χ3v) is 5.14. The smallest absolute Gasteiger partial charge is 0.282 e. The molecular formula is C15H18N4O3S2. The molecule has 0 aliphatic carbocycles. The molecule has 1 aliphatic rings. The van der Waals surface area contributed by atoms with Crippen LogP contribution in [0, 0.1) is 0 Å². The molecule has 1 heterocycles. The fraction of sp³-hybridized carbons (Fsp3) is 0.200. The fourth-order valence-corrected chi connectivity index (χ4v) is 3.48. The lowest BCUT2D eigenvalue weighted by Crippen LogP contribution is -2.45. The number of hydrogen-bond donors (Lipinski definition) is 3. The van der Waals surface area contributed by atoms with Crippen molar-refractivity contribution < 1.29 is 13.0 Å². The summed E-state index contributed by atoms with van der Waals surface area (Å²) in [6.07, 6.45) is 0. The summed E-state index contributed by atoms with van der Waals surface area (Å²) >= 11 is 1.70. The van der Waals surface area contributed by atoms with Crippen LogP contribution < -0.4 is 21.1 Å². The monoisotopic (exact) mass is 366 g/mol. The second-order valence-corrected chi connectivity index (χ2v) is 7.83. The molecule has 3 N–H and O–H groups in total. The summed E-state index contributed by atoms with van der Waals surface area (Å²) in [7, 11) is -4.20. The molecule has 0 saturated carbocycles. The Kier molecular flexibility index (Phi) is 4.97. The van der Waals surface area contributed by atoms with Crippen LogP contribution in [0.5, 0.6) is 0 Å². The van der Waals surface area contributed by atoms with Crippen LogP contribution in [0.4, 0.5) is 11.4 Å². The highest BCUT2D eigenvalue weighted by molar-refractivity contribution is 7.99. The van der Waals surface area contributed by atoms with Gasteiger partial charge in [-0.05, 0) is 42.2 Å². The number of nitrogens with one attached hydrogen (secondary N) is 2. The summed E-state index contributed by atoms with van der Waals surface area (Å²) < 4.78 is 31.5. The third-order valence-electron chi connectivity index (χ3n) is 3.39. The number of thioether (sulfide) groups is 1. The van der Waals surface area contributed by atoms with Crippen LogP contribution in [0.3, 0.4) is 0 Å². The standard InChI is InChI=1S/C15H18N4O3S2/c1-2-23-15-16-18(12-6-4-3-5-7-12)19(17-15)13-8-10-14(11-9-13)24(20,21)22/h3-11,15-17H,2H2,1H3,(H,20,21,22). The van der Waals surface area contributed by atoms with Crippen LogP contribution in [0.1, 0.15) is 6.92 Å². The lowest BCUT2D eigenvalue weighted by Gasteiger charge is -2.29. The van der Waals surface area contributed by atoms with Crippen molar-refractivity contribution in [2.45, 2.75) is 17.3 Å². The molecule has 1 saturated heterocycles. The van der Waals surface area contributed by atoms with Gasteiger partial charge in [-0.2, -0.15) is 19.3 Å². The predicted molar refractivity (Wildman–Crippen MR) is 95.8 cm³/mol. The summed E-state index contributed by atoms with van der Waals surface area (Å²) in [6, 6.07) is 15.8. The van der Waals surface area contributed by atoms with Crippen molar-refractivity contribution in [2.75, 3.05) is 16.0 Å². The predicted octanol–water partition coefficient (Wildman–Crippen LogP) is 2.22. The van der Waals surface area contributed by atoms with Gasteiger partial charge in [-0.3, -0.25) is 4.55 Å². The van der Waals surface area contributed by atoms with Crippen LogP contribution in [0.25, 0.3) is 0 Å². The minimum atomic E-state index is -4.20. The zero-order chi connectivity index (χ0) is 17.2. The highest BCUT2D eigenvalue weighted by Gasteiger charge is 2.30. The number of rotatable bonds is 5. The van der Waals surface area contributed by atoms with E-state index in [0.29, 0.717) is 0 Å². The van der Waals surface area contributed by atoms with Gasteiger partial charge < -0.3 is 0 Å². The van der Waals surface area contributed by atoms with Gasteiger partial charge in [0.15, 0.2) is 0 Å². The van der Waals surface area contributed by atoms with Crippen molar-refractivity contribution >= 4 is 33.3 Å². The average Bonchev–Trinajstić information content (AvgIpc) is 2.99. The molecule has 128 valence electrons. The molecule has 0 radical (unpaired) electrons. The van der Waals surface area contributed by atoms with E-state index in [2.05, 4.69) is 17.8 Å². The van der Waals surface area contributed by atoms with Crippen molar-refractivity contribution in [3.63, 3.8) is 0 Å². The molecule has 0 bridgehead atoms. The summed E-state index contributed by atoms with van der Waals surface area (Å²) in [4.78, 5) is -0.135. The molecule has 24 heavy (non-hydrogen) atoms. The lowest BCUT2D eigenvalue weighted by molar-refractivity contribution is 0.483. The van der Waals surface area contributed by atoms with Gasteiger partial charge in [-0.1, -0.05) is 25.1 Å². The zero-order valence-corrected chi connectivity index (χ0v) is 14.6. The highest BCUT2D eigenvalue weighted by Crippen LogP contribution is 2.26. The third kappa shape index (κ3) is 3.65. The first-order valence-corrected chi connectivity index (χ1v) is 9.84. The SMILES string of the molecule is CCSC1NN(c2ccccc2)N(c2ccc(S(=O)(=O)O)cc2)N1. The van der Waals surface area contributed by atoms with Gasteiger partial charge in [0, 0.05) is 0 Å². The van der Waals surface area contributed by atoms with Crippen molar-refractivity contribution in [2.24, 2.45) is 0 Å². The molecule has 0 aromatic heterocycles. The van der Waals surface area contributed by atoms with Crippen molar-refractivity contribution in [3.8, 4) is 0 Å². The number of hydrogen-bond acceptors (Lipinski definition) is 7. The first-order chi connectivity index (χ1) is 11.5. The molecule has 9 heteroatoms. The Hall–Kier alpha value is -1.78. The summed E-state index contributed by atoms with van der Waals surface area (Å²) in [6.45, 7) is 2.07. The number of anilines is 2. The first-order valence-electron chi connectivity index (χ1n) is 7.36. The van der Waals surface area contributed by atoms with E-state index in [-0.39, 0.29) is 10.4 Å². The average molecular weight is 366 g/mol. The van der Waals surface area contributed by atoms with Crippen LogP contribution in [0.15, 0.2) is 59.5 Å². The summed E-state index contributed by atoms with van der Waals surface area (Å²) in [5, 5.41) is 3.66. The summed E-state index contributed by atoms with van der Waals surface area (Å²) in [5.41, 5.74) is 8.31. The van der Waals surface area contributed by atoms with Crippen LogP contribution in [-0.4, -0.2) is 24.2 Å². The maximum Gasteiger partial charge on any atom is 0.294 e. The minimum absolute atomic E-state index is 0.0172. The van der Waals surface area contributed by atoms with E-state index in [1.165, 1.54) is 12.1 Å². The summed E-state index contributed by atoms with van der Waals surface area (Å²) in [5.74, 6) is 0.933. The Morgan fingerprint density at radius 3 is 2.04 bits per heavy atom. The second kappa shape index (κ2) is 6.99. The van der Waals surface area contributed by atoms with Gasteiger partial charge in [0.2, 0.25) is 0 Å². The maximum absolute atomic E-state index is 11.2. The van der Waals surface area contributed by atoms with Gasteiger partial charge in [0.1, 0.15) is 5.50 Å². The number of nitrogens with zero attached hydrogens (tertiary/aromatic N) is 2. The number of para-hydroxylation sites is 1. The Morgan fingerprint density at radius 2 is 1.54 bits per heavy atom. The molecule has 3 rings (SSSR count). The van der Waals surface area contributed by atoms with E-state index >= 15 is 0 Å². The zero-order valence-electron chi connectivity index (χ0n) is 13.0. The van der Waals surface area contributed by atoms with Gasteiger partial charge in [-0.25, -0.2) is 10.2 Å². The van der Waals surface area contributed by atoms with E-state index in [1.54, 1.807) is 29.0 Å². The van der Waals surface area contributed by atoms with Crippen LogP contribution in [-0.2, 0) is 10.1 Å². The topological polar surface area (TPSA) is 84.9 Å². The Labute approximate surface area is 145 Å². The Morgan fingerprint density at radius 1 is 1.00 bits per heavy atom. The molecule has 1 aliphatic heterocycles. The molecule has 1 atom stereocenters. The van der Waals surface area contributed by atoms with Gasteiger partial charge in [0.25, 0.3) is 10.1 Å². The molecule has 7 nitrogen and oxygen atoms in total. The molecule has 1 fully saturated rings. The van der Waals surface area contributed by atoms with Gasteiger partial charge in [0.05, 0.1) is 16.3 Å². The second-order valence-electron chi connectivity index (χ2n) is 5.02. The van der Waals surface area contributed by atoms with E-state index in [9.17, 15) is 8.42 Å². The first kappa shape index (κ1) is 17.1. The van der Waals surface area contributed by atoms with Crippen LogP contribution in [0.2, 0.25) is 0 Å². The largest absolute Gasteiger partial charge is 0.294 e. The van der Waals surface area contributed by atoms with Crippen molar-refractivity contribution in [1.82, 2.24) is 10.9 Å². The van der Waals surface area contributed by atoms with Gasteiger partial charge in [-0.15, -0.1) is 11.8 Å². The van der Waals surface area contributed by atoms with E-state index in [4.69, 9.17) is 4.55 Å². The van der Waals surface area contributed by atoms with Crippen LogP contribution >= 0.6 is 11.8 Å². The van der Waals surface area contributed by atoms with E-state index in [1.807, 2.05) is 35.4 Å². The van der Waals surface area contributed by atoms with Crippen molar-refractivity contribution in [1.29, 1.82) is 0 Å². The fourth-order valence-electron chi connectivity index (χ4n) is 2.32. The lowest BCUT2D eigenvalue weighted by atomic mass is 10.3. The molecular weight excluding hydrogens is 348 g/mol. The molecule has 0 amide bonds. The molecule has 2 aromatic carbocycles. The maximum atomic E-state index is 11.2. The normalized spacial score (nSPS) is 18.2. The van der Waals surface area contributed by atoms with E-state index in [0.717, 1.165) is 17.1 Å².